The van der Waals surface area contributed by atoms with E-state index < -0.39 is 0 Å². The van der Waals surface area contributed by atoms with Crippen LogP contribution < -0.4 is 5.32 Å². The third kappa shape index (κ3) is 3.90. The van der Waals surface area contributed by atoms with Crippen LogP contribution in [-0.4, -0.2) is 30.1 Å². The maximum absolute atomic E-state index is 12.1. The van der Waals surface area contributed by atoms with Crippen molar-refractivity contribution >= 4 is 6.03 Å². The smallest absolute Gasteiger partial charge is 0.317 e. The molecule has 0 aromatic carbocycles. The van der Waals surface area contributed by atoms with Crippen LogP contribution in [0.1, 0.15) is 58.3 Å². The molecule has 1 heterocycles. The van der Waals surface area contributed by atoms with Crippen LogP contribution in [-0.2, 0) is 0 Å². The van der Waals surface area contributed by atoms with Crippen LogP contribution >= 0.6 is 0 Å². The highest BCUT2D eigenvalue weighted by Gasteiger charge is 2.22. The number of likely N-dealkylation sites (tertiary alicyclic amines) is 1. The number of piperidine rings is 1. The lowest BCUT2D eigenvalue weighted by Crippen LogP contribution is -2.47. The Balaban J connectivity index is 1.75. The zero-order valence-electron chi connectivity index (χ0n) is 11.1. The van der Waals surface area contributed by atoms with Crippen LogP contribution in [0.5, 0.6) is 0 Å². The van der Waals surface area contributed by atoms with E-state index in [1.807, 2.05) is 4.90 Å². The Bertz CT molecular complexity index is 239. The molecule has 0 bridgehead atoms. The summed E-state index contributed by atoms with van der Waals surface area (Å²) in [5, 5.41) is 3.23. The van der Waals surface area contributed by atoms with Crippen LogP contribution in [0, 0.1) is 5.92 Å². The zero-order chi connectivity index (χ0) is 12.1. The quantitative estimate of drug-likeness (QED) is 0.699. The summed E-state index contributed by atoms with van der Waals surface area (Å²) in [6.45, 7) is 4.17. The van der Waals surface area contributed by atoms with Gasteiger partial charge < -0.3 is 10.2 Å². The molecule has 3 nitrogen and oxygen atoms in total. The zero-order valence-corrected chi connectivity index (χ0v) is 11.1. The van der Waals surface area contributed by atoms with Crippen LogP contribution in [0.2, 0.25) is 0 Å². The average molecular weight is 238 g/mol. The molecule has 2 rings (SSSR count). The van der Waals surface area contributed by atoms with Gasteiger partial charge in [0.15, 0.2) is 0 Å². The van der Waals surface area contributed by atoms with Crippen LogP contribution in [0.15, 0.2) is 0 Å². The summed E-state index contributed by atoms with van der Waals surface area (Å²) in [5.41, 5.74) is 0. The summed E-state index contributed by atoms with van der Waals surface area (Å²) in [7, 11) is 0. The van der Waals surface area contributed by atoms with Gasteiger partial charge >= 0.3 is 6.03 Å². The maximum Gasteiger partial charge on any atom is 0.317 e. The molecule has 17 heavy (non-hydrogen) atoms. The summed E-state index contributed by atoms with van der Waals surface area (Å²) < 4.78 is 0. The number of nitrogens with one attached hydrogen (secondary N) is 1. The molecule has 0 atom stereocenters. The van der Waals surface area contributed by atoms with Crippen molar-refractivity contribution in [3.05, 3.63) is 0 Å². The molecule has 0 radical (unpaired) electrons. The van der Waals surface area contributed by atoms with Gasteiger partial charge in [-0.05, 0) is 31.6 Å². The molecule has 0 spiro atoms. The lowest BCUT2D eigenvalue weighted by atomic mass is 9.99. The summed E-state index contributed by atoms with van der Waals surface area (Å²) >= 11 is 0. The second kappa shape index (κ2) is 6.27. The minimum Gasteiger partial charge on any atom is -0.335 e. The third-order valence-corrected chi connectivity index (χ3v) is 4.25. The van der Waals surface area contributed by atoms with E-state index in [4.69, 9.17) is 0 Å². The van der Waals surface area contributed by atoms with Gasteiger partial charge in [0.05, 0.1) is 0 Å². The van der Waals surface area contributed by atoms with Crippen molar-refractivity contribution in [3.8, 4) is 0 Å². The number of nitrogens with zero attached hydrogens (tertiary/aromatic N) is 1. The third-order valence-electron chi connectivity index (χ3n) is 4.25. The van der Waals surface area contributed by atoms with Crippen molar-refractivity contribution in [2.75, 3.05) is 13.1 Å². The standard InChI is InChI=1S/C14H26N2O/c1-12-8-10-16(11-9-12)14(17)15-13-6-4-2-3-5-7-13/h12-13H,2-11H2,1H3,(H,15,17). The molecule has 1 N–H and O–H groups in total. The molecule has 2 aliphatic rings. The van der Waals surface area contributed by atoms with E-state index in [2.05, 4.69) is 12.2 Å². The van der Waals surface area contributed by atoms with E-state index in [0.717, 1.165) is 31.8 Å². The average Bonchev–Trinajstić information content (AvgIpc) is 2.58. The lowest BCUT2D eigenvalue weighted by Gasteiger charge is -2.31. The Hall–Kier alpha value is -0.730. The number of urea groups is 1. The number of carbonyl (C=O) groups is 1. The predicted octanol–water partition coefficient (Wildman–Crippen LogP) is 3.15. The van der Waals surface area contributed by atoms with E-state index in [-0.39, 0.29) is 6.03 Å². The monoisotopic (exact) mass is 238 g/mol. The van der Waals surface area contributed by atoms with Gasteiger partial charge in [-0.1, -0.05) is 32.6 Å². The predicted molar refractivity (Wildman–Crippen MR) is 70.0 cm³/mol. The molecular formula is C14H26N2O. The van der Waals surface area contributed by atoms with E-state index in [9.17, 15) is 4.79 Å². The normalized spacial score (nSPS) is 24.4. The molecule has 2 amide bonds. The second-order valence-electron chi connectivity index (χ2n) is 5.81. The summed E-state index contributed by atoms with van der Waals surface area (Å²) in [6.07, 6.45) is 9.92. The maximum atomic E-state index is 12.1. The first kappa shape index (κ1) is 12.7. The highest BCUT2D eigenvalue weighted by atomic mass is 16.2. The molecular weight excluding hydrogens is 212 g/mol. The van der Waals surface area contributed by atoms with Gasteiger partial charge in [0, 0.05) is 19.1 Å². The minimum atomic E-state index is 0.184. The molecule has 1 saturated heterocycles. The first-order valence-corrected chi connectivity index (χ1v) is 7.31. The van der Waals surface area contributed by atoms with E-state index in [1.54, 1.807) is 0 Å². The first-order valence-electron chi connectivity index (χ1n) is 7.31. The lowest BCUT2D eigenvalue weighted by molar-refractivity contribution is 0.169. The first-order chi connectivity index (χ1) is 8.25. The Morgan fingerprint density at radius 1 is 1.00 bits per heavy atom. The molecule has 1 aliphatic heterocycles. The Kier molecular flexibility index (Phi) is 4.69. The summed E-state index contributed by atoms with van der Waals surface area (Å²) in [6, 6.07) is 0.619. The van der Waals surface area contributed by atoms with Crippen molar-refractivity contribution in [1.29, 1.82) is 0 Å². The second-order valence-corrected chi connectivity index (χ2v) is 5.81. The van der Waals surface area contributed by atoms with Crippen LogP contribution in [0.25, 0.3) is 0 Å². The van der Waals surface area contributed by atoms with Gasteiger partial charge in [-0.2, -0.15) is 0 Å². The van der Waals surface area contributed by atoms with Crippen molar-refractivity contribution in [2.24, 2.45) is 5.92 Å². The highest BCUT2D eigenvalue weighted by Crippen LogP contribution is 2.19. The molecule has 1 aliphatic carbocycles. The molecule has 0 aromatic rings. The molecule has 0 unspecified atom stereocenters. The van der Waals surface area contributed by atoms with Gasteiger partial charge in [-0.25, -0.2) is 4.79 Å². The number of carbonyl (C=O) groups excluding carboxylic acids is 1. The molecule has 0 aromatic heterocycles. The molecule has 1 saturated carbocycles. The van der Waals surface area contributed by atoms with Gasteiger partial charge in [0.2, 0.25) is 0 Å². The van der Waals surface area contributed by atoms with Crippen LogP contribution in [0.3, 0.4) is 0 Å². The largest absolute Gasteiger partial charge is 0.335 e. The van der Waals surface area contributed by atoms with Gasteiger partial charge in [-0.3, -0.25) is 0 Å². The minimum absolute atomic E-state index is 0.184. The van der Waals surface area contributed by atoms with Crippen molar-refractivity contribution < 1.29 is 4.79 Å². The summed E-state index contributed by atoms with van der Waals surface area (Å²) in [4.78, 5) is 14.1. The Morgan fingerprint density at radius 3 is 2.18 bits per heavy atom. The van der Waals surface area contributed by atoms with Gasteiger partial charge in [0.1, 0.15) is 0 Å². The van der Waals surface area contributed by atoms with E-state index in [1.165, 1.54) is 38.5 Å². The van der Waals surface area contributed by atoms with E-state index >= 15 is 0 Å². The molecule has 2 fully saturated rings. The van der Waals surface area contributed by atoms with Crippen LogP contribution in [0.4, 0.5) is 4.79 Å². The fourth-order valence-electron chi connectivity index (χ4n) is 2.90. The number of hydrogen-bond acceptors (Lipinski definition) is 1. The Morgan fingerprint density at radius 2 is 1.59 bits per heavy atom. The number of rotatable bonds is 1. The molecule has 98 valence electrons. The summed E-state index contributed by atoms with van der Waals surface area (Å²) in [5.74, 6) is 0.789. The van der Waals surface area contributed by atoms with Gasteiger partial charge in [-0.15, -0.1) is 0 Å². The fourth-order valence-corrected chi connectivity index (χ4v) is 2.90. The number of hydrogen-bond donors (Lipinski definition) is 1. The topological polar surface area (TPSA) is 32.3 Å². The number of amides is 2. The fraction of sp³-hybridized carbons (Fsp3) is 0.929. The molecule has 3 heteroatoms. The van der Waals surface area contributed by atoms with Crippen molar-refractivity contribution in [1.82, 2.24) is 10.2 Å². The van der Waals surface area contributed by atoms with E-state index in [0.29, 0.717) is 6.04 Å². The van der Waals surface area contributed by atoms with Crippen molar-refractivity contribution in [3.63, 3.8) is 0 Å². The Labute approximate surface area is 105 Å². The highest BCUT2D eigenvalue weighted by molar-refractivity contribution is 5.74. The van der Waals surface area contributed by atoms with Gasteiger partial charge in [0.25, 0.3) is 0 Å². The SMILES string of the molecule is CC1CCN(C(=O)NC2CCCCCC2)CC1. The van der Waals surface area contributed by atoms with Crippen molar-refractivity contribution in [2.45, 2.75) is 64.3 Å².